The third-order valence-corrected chi connectivity index (χ3v) is 4.05. The summed E-state index contributed by atoms with van der Waals surface area (Å²) in [5.41, 5.74) is 0.373. The van der Waals surface area contributed by atoms with Gasteiger partial charge >= 0.3 is 0 Å². The van der Waals surface area contributed by atoms with Crippen molar-refractivity contribution in [2.45, 2.75) is 12.8 Å². The van der Waals surface area contributed by atoms with Gasteiger partial charge in [0, 0.05) is 39.3 Å². The summed E-state index contributed by atoms with van der Waals surface area (Å²) in [7, 11) is 0. The van der Waals surface area contributed by atoms with Crippen LogP contribution in [0, 0.1) is 0 Å². The zero-order valence-corrected chi connectivity index (χ0v) is 11.9. The van der Waals surface area contributed by atoms with Crippen LogP contribution in [0.15, 0.2) is 12.1 Å². The SMILES string of the molecule is O=CN1CCN(C(=O)c2ccc(N3CCCC3)nn2)CC1. The van der Waals surface area contributed by atoms with Crippen LogP contribution in [0.4, 0.5) is 5.82 Å². The second-order valence-corrected chi connectivity index (χ2v) is 5.40. The quantitative estimate of drug-likeness (QED) is 0.732. The fraction of sp³-hybridized carbons (Fsp3) is 0.571. The summed E-state index contributed by atoms with van der Waals surface area (Å²) in [6.07, 6.45) is 3.19. The minimum absolute atomic E-state index is 0.110. The third-order valence-electron chi connectivity index (χ3n) is 4.05. The molecule has 2 aliphatic heterocycles. The summed E-state index contributed by atoms with van der Waals surface area (Å²) in [4.78, 5) is 28.6. The van der Waals surface area contributed by atoms with Crippen molar-refractivity contribution in [1.29, 1.82) is 0 Å². The fourth-order valence-corrected chi connectivity index (χ4v) is 2.75. The Morgan fingerprint density at radius 1 is 1.00 bits per heavy atom. The molecule has 2 saturated heterocycles. The van der Waals surface area contributed by atoms with Crippen molar-refractivity contribution in [1.82, 2.24) is 20.0 Å². The number of piperazine rings is 1. The van der Waals surface area contributed by atoms with Crippen molar-refractivity contribution in [2.24, 2.45) is 0 Å². The van der Waals surface area contributed by atoms with Gasteiger partial charge in [0.2, 0.25) is 6.41 Å². The van der Waals surface area contributed by atoms with Gasteiger partial charge in [-0.1, -0.05) is 0 Å². The highest BCUT2D eigenvalue weighted by Gasteiger charge is 2.23. The molecule has 0 radical (unpaired) electrons. The Kier molecular flexibility index (Phi) is 3.98. The maximum atomic E-state index is 12.3. The van der Waals surface area contributed by atoms with E-state index in [2.05, 4.69) is 15.1 Å². The molecule has 2 amide bonds. The average Bonchev–Trinajstić information content (AvgIpc) is 3.09. The number of carbonyl (C=O) groups is 2. The number of anilines is 1. The van der Waals surface area contributed by atoms with Crippen LogP contribution in [0.1, 0.15) is 23.3 Å². The summed E-state index contributed by atoms with van der Waals surface area (Å²) in [6, 6.07) is 3.61. The van der Waals surface area contributed by atoms with Crippen LogP contribution in [0.5, 0.6) is 0 Å². The molecule has 0 aromatic carbocycles. The first-order valence-electron chi connectivity index (χ1n) is 7.35. The van der Waals surface area contributed by atoms with Gasteiger partial charge in [0.05, 0.1) is 0 Å². The Morgan fingerprint density at radius 2 is 1.71 bits per heavy atom. The molecule has 0 N–H and O–H groups in total. The highest BCUT2D eigenvalue weighted by molar-refractivity contribution is 5.92. The number of hydrogen-bond acceptors (Lipinski definition) is 5. The Bertz CT molecular complexity index is 505. The van der Waals surface area contributed by atoms with Gasteiger partial charge < -0.3 is 14.7 Å². The second kappa shape index (κ2) is 6.07. The minimum atomic E-state index is -0.110. The van der Waals surface area contributed by atoms with E-state index in [4.69, 9.17) is 0 Å². The molecule has 112 valence electrons. The summed E-state index contributed by atoms with van der Waals surface area (Å²) < 4.78 is 0. The Morgan fingerprint density at radius 3 is 2.29 bits per heavy atom. The molecule has 0 unspecified atom stereocenters. The van der Waals surface area contributed by atoms with Gasteiger partial charge in [0.15, 0.2) is 11.5 Å². The summed E-state index contributed by atoms with van der Waals surface area (Å²) in [5.74, 6) is 0.732. The molecule has 1 aromatic rings. The molecule has 3 heterocycles. The number of nitrogens with zero attached hydrogens (tertiary/aromatic N) is 5. The highest BCUT2D eigenvalue weighted by atomic mass is 16.2. The molecule has 0 atom stereocenters. The first kappa shape index (κ1) is 13.8. The lowest BCUT2D eigenvalue weighted by atomic mass is 10.2. The molecular formula is C14H19N5O2. The molecule has 0 saturated carbocycles. The maximum absolute atomic E-state index is 12.3. The van der Waals surface area contributed by atoms with E-state index in [1.54, 1.807) is 15.9 Å². The van der Waals surface area contributed by atoms with Crippen molar-refractivity contribution in [2.75, 3.05) is 44.2 Å². The predicted octanol–water partition coefficient (Wildman–Crippen LogP) is -0.00900. The van der Waals surface area contributed by atoms with E-state index in [9.17, 15) is 9.59 Å². The van der Waals surface area contributed by atoms with Crippen LogP contribution in [0.25, 0.3) is 0 Å². The maximum Gasteiger partial charge on any atom is 0.274 e. The van der Waals surface area contributed by atoms with Gasteiger partial charge in [-0.25, -0.2) is 0 Å². The van der Waals surface area contributed by atoms with Crippen molar-refractivity contribution in [3.8, 4) is 0 Å². The van der Waals surface area contributed by atoms with Crippen LogP contribution in [-0.2, 0) is 4.79 Å². The number of aromatic nitrogens is 2. The zero-order chi connectivity index (χ0) is 14.7. The minimum Gasteiger partial charge on any atom is -0.355 e. The number of hydrogen-bond donors (Lipinski definition) is 0. The van der Waals surface area contributed by atoms with Gasteiger partial charge in [-0.15, -0.1) is 10.2 Å². The molecule has 2 fully saturated rings. The molecule has 7 nitrogen and oxygen atoms in total. The Hall–Kier alpha value is -2.18. The lowest BCUT2D eigenvalue weighted by Gasteiger charge is -2.32. The van der Waals surface area contributed by atoms with E-state index in [1.807, 2.05) is 6.07 Å². The monoisotopic (exact) mass is 289 g/mol. The first-order chi connectivity index (χ1) is 10.3. The standard InChI is InChI=1S/C14H19N5O2/c20-11-17-7-9-19(10-8-17)14(21)12-3-4-13(16-15-12)18-5-1-2-6-18/h3-4,11H,1-2,5-10H2. The summed E-state index contributed by atoms with van der Waals surface area (Å²) >= 11 is 0. The van der Waals surface area contributed by atoms with Gasteiger partial charge in [0.1, 0.15) is 0 Å². The molecule has 3 rings (SSSR count). The van der Waals surface area contributed by atoms with Crippen LogP contribution >= 0.6 is 0 Å². The molecule has 21 heavy (non-hydrogen) atoms. The molecule has 0 bridgehead atoms. The summed E-state index contributed by atoms with van der Waals surface area (Å²) in [6.45, 7) is 4.27. The second-order valence-electron chi connectivity index (χ2n) is 5.40. The smallest absolute Gasteiger partial charge is 0.274 e. The average molecular weight is 289 g/mol. The molecular weight excluding hydrogens is 270 g/mol. The summed E-state index contributed by atoms with van der Waals surface area (Å²) in [5, 5.41) is 8.24. The number of carbonyl (C=O) groups excluding carboxylic acids is 2. The van der Waals surface area contributed by atoms with E-state index in [1.165, 1.54) is 12.8 Å². The fourth-order valence-electron chi connectivity index (χ4n) is 2.75. The lowest BCUT2D eigenvalue weighted by molar-refractivity contribution is -0.119. The third kappa shape index (κ3) is 2.96. The normalized spacial score (nSPS) is 19.0. The van der Waals surface area contributed by atoms with Crippen LogP contribution in [0.2, 0.25) is 0 Å². The molecule has 7 heteroatoms. The predicted molar refractivity (Wildman–Crippen MR) is 77.0 cm³/mol. The van der Waals surface area contributed by atoms with E-state index in [0.717, 1.165) is 25.3 Å². The van der Waals surface area contributed by atoms with E-state index in [0.29, 0.717) is 31.9 Å². The Labute approximate surface area is 123 Å². The molecule has 1 aromatic heterocycles. The van der Waals surface area contributed by atoms with E-state index >= 15 is 0 Å². The van der Waals surface area contributed by atoms with E-state index in [-0.39, 0.29) is 5.91 Å². The van der Waals surface area contributed by atoms with Crippen molar-refractivity contribution in [3.63, 3.8) is 0 Å². The van der Waals surface area contributed by atoms with Crippen LogP contribution < -0.4 is 4.90 Å². The van der Waals surface area contributed by atoms with Crippen molar-refractivity contribution < 1.29 is 9.59 Å². The zero-order valence-electron chi connectivity index (χ0n) is 11.9. The van der Waals surface area contributed by atoms with Gasteiger partial charge in [-0.3, -0.25) is 9.59 Å². The van der Waals surface area contributed by atoms with E-state index < -0.39 is 0 Å². The number of rotatable bonds is 3. The van der Waals surface area contributed by atoms with Gasteiger partial charge in [-0.05, 0) is 25.0 Å². The van der Waals surface area contributed by atoms with Gasteiger partial charge in [0.25, 0.3) is 5.91 Å². The van der Waals surface area contributed by atoms with Gasteiger partial charge in [-0.2, -0.15) is 0 Å². The molecule has 0 aliphatic carbocycles. The lowest BCUT2D eigenvalue weighted by Crippen LogP contribution is -2.48. The molecule has 0 spiro atoms. The van der Waals surface area contributed by atoms with Crippen LogP contribution in [-0.4, -0.2) is 71.6 Å². The molecule has 2 aliphatic rings. The van der Waals surface area contributed by atoms with Crippen LogP contribution in [0.3, 0.4) is 0 Å². The Balaban J connectivity index is 1.63. The first-order valence-corrected chi connectivity index (χ1v) is 7.35. The van der Waals surface area contributed by atoms with Crippen molar-refractivity contribution >= 4 is 18.1 Å². The largest absolute Gasteiger partial charge is 0.355 e. The topological polar surface area (TPSA) is 69.6 Å². The number of amides is 2. The highest BCUT2D eigenvalue weighted by Crippen LogP contribution is 2.17. The van der Waals surface area contributed by atoms with Crippen molar-refractivity contribution in [3.05, 3.63) is 17.8 Å².